The van der Waals surface area contributed by atoms with Crippen LogP contribution in [0.15, 0.2) is 36.4 Å². The minimum absolute atomic E-state index is 0.0357. The number of likely N-dealkylation sites (tertiary alicyclic amines) is 3. The lowest BCUT2D eigenvalue weighted by Gasteiger charge is -2.41. The number of anilines is 2. The Labute approximate surface area is 290 Å². The Balaban J connectivity index is 1.01. The first-order valence-electron chi connectivity index (χ1n) is 18.5. The number of fused-ring (bicyclic) bond motifs is 2. The number of hydrogen-bond donors (Lipinski definition) is 1. The second-order valence-electron chi connectivity index (χ2n) is 14.5. The molecule has 3 saturated heterocycles. The van der Waals surface area contributed by atoms with E-state index >= 15 is 0 Å². The molecule has 2 aromatic carbocycles. The van der Waals surface area contributed by atoms with E-state index in [0.29, 0.717) is 64.6 Å². The number of benzene rings is 2. The third-order valence-electron chi connectivity index (χ3n) is 11.3. The zero-order valence-electron chi connectivity index (χ0n) is 29.2. The fraction of sp³-hybridized carbons (Fsp3) is 0.605. The van der Waals surface area contributed by atoms with Gasteiger partial charge >= 0.3 is 12.1 Å². The number of amides is 4. The molecule has 0 aliphatic carbocycles. The summed E-state index contributed by atoms with van der Waals surface area (Å²) in [6.45, 7) is 8.75. The molecule has 7 rings (SSSR count). The molecular weight excluding hydrogens is 620 g/mol. The van der Waals surface area contributed by atoms with Crippen molar-refractivity contribution in [1.82, 2.24) is 19.6 Å². The molecule has 0 aromatic heterocycles. The average molecular weight is 673 g/mol. The average Bonchev–Trinajstić information content (AvgIpc) is 3.29. The highest BCUT2D eigenvalue weighted by molar-refractivity contribution is 5.91. The number of piperidine rings is 3. The molecule has 49 heavy (non-hydrogen) atoms. The maximum Gasteiger partial charge on any atom is 0.410 e. The first kappa shape index (κ1) is 33.5. The van der Waals surface area contributed by atoms with Crippen LogP contribution in [0.2, 0.25) is 0 Å². The van der Waals surface area contributed by atoms with Gasteiger partial charge in [0.2, 0.25) is 0 Å². The summed E-state index contributed by atoms with van der Waals surface area (Å²) >= 11 is 0. The van der Waals surface area contributed by atoms with Crippen LogP contribution in [-0.2, 0) is 22.4 Å². The van der Waals surface area contributed by atoms with Crippen molar-refractivity contribution in [3.05, 3.63) is 53.1 Å². The third-order valence-corrected chi connectivity index (χ3v) is 11.3. The van der Waals surface area contributed by atoms with Gasteiger partial charge in [-0.25, -0.2) is 9.59 Å². The molecule has 3 fully saturated rings. The van der Waals surface area contributed by atoms with E-state index in [9.17, 15) is 14.4 Å². The molecule has 4 amide bonds. The van der Waals surface area contributed by atoms with E-state index < -0.39 is 12.2 Å². The minimum atomic E-state index is -0.926. The molecule has 2 aromatic rings. The highest BCUT2D eigenvalue weighted by Crippen LogP contribution is 2.36. The fourth-order valence-electron chi connectivity index (χ4n) is 8.57. The fourth-order valence-corrected chi connectivity index (χ4v) is 8.57. The second-order valence-corrected chi connectivity index (χ2v) is 14.5. The van der Waals surface area contributed by atoms with E-state index in [-0.39, 0.29) is 18.0 Å². The van der Waals surface area contributed by atoms with E-state index in [0.717, 1.165) is 72.7 Å². The lowest BCUT2D eigenvalue weighted by Crippen LogP contribution is -2.53. The Kier molecular flexibility index (Phi) is 10.2. The Morgan fingerprint density at radius 1 is 0.898 bits per heavy atom. The number of rotatable bonds is 6. The van der Waals surface area contributed by atoms with Gasteiger partial charge in [0.25, 0.3) is 5.91 Å². The highest BCUT2D eigenvalue weighted by Gasteiger charge is 2.36. The van der Waals surface area contributed by atoms with E-state index in [4.69, 9.17) is 9.47 Å². The van der Waals surface area contributed by atoms with Crippen LogP contribution in [0.3, 0.4) is 0 Å². The van der Waals surface area contributed by atoms with Crippen molar-refractivity contribution < 1.29 is 23.9 Å². The van der Waals surface area contributed by atoms with Crippen LogP contribution in [0.25, 0.3) is 0 Å². The summed E-state index contributed by atoms with van der Waals surface area (Å²) in [7, 11) is 2.07. The quantitative estimate of drug-likeness (QED) is 0.466. The topological polar surface area (TPSA) is 97.9 Å². The van der Waals surface area contributed by atoms with Gasteiger partial charge in [-0.15, -0.1) is 0 Å². The van der Waals surface area contributed by atoms with Crippen molar-refractivity contribution in [2.24, 2.45) is 0 Å². The lowest BCUT2D eigenvalue weighted by atomic mass is 9.98. The summed E-state index contributed by atoms with van der Waals surface area (Å²) in [5, 5.41) is 3.07. The second kappa shape index (κ2) is 14.9. The molecule has 5 aliphatic rings. The largest absolute Gasteiger partial charge is 0.490 e. The monoisotopic (exact) mass is 672 g/mol. The number of likely N-dealkylation sites (N-methyl/N-ethyl adjacent to an activating group) is 1. The Bertz CT molecular complexity index is 1510. The number of carbonyl (C=O) groups is 3. The summed E-state index contributed by atoms with van der Waals surface area (Å²) in [6.07, 6.45) is 6.75. The number of nitrogens with zero attached hydrogens (tertiary/aromatic N) is 5. The van der Waals surface area contributed by atoms with Gasteiger partial charge in [-0.05, 0) is 93.8 Å². The summed E-state index contributed by atoms with van der Waals surface area (Å²) in [6, 6.07) is 12.5. The van der Waals surface area contributed by atoms with Crippen LogP contribution in [0, 0.1) is 6.92 Å². The number of nitrogens with one attached hydrogen (secondary N) is 1. The van der Waals surface area contributed by atoms with Gasteiger partial charge in [0.15, 0.2) is 6.10 Å². The molecule has 264 valence electrons. The van der Waals surface area contributed by atoms with Crippen LogP contribution in [0.5, 0.6) is 5.75 Å². The van der Waals surface area contributed by atoms with Crippen LogP contribution >= 0.6 is 0 Å². The maximum absolute atomic E-state index is 14.2. The van der Waals surface area contributed by atoms with Crippen molar-refractivity contribution in [1.29, 1.82) is 0 Å². The van der Waals surface area contributed by atoms with Crippen molar-refractivity contribution in [2.75, 3.05) is 76.2 Å². The number of urea groups is 1. The molecule has 11 heteroatoms. The van der Waals surface area contributed by atoms with Crippen LogP contribution in [0.4, 0.5) is 21.0 Å². The summed E-state index contributed by atoms with van der Waals surface area (Å²) in [5.41, 5.74) is 5.08. The van der Waals surface area contributed by atoms with Gasteiger partial charge in [0, 0.05) is 64.0 Å². The van der Waals surface area contributed by atoms with Gasteiger partial charge in [-0.1, -0.05) is 30.7 Å². The maximum atomic E-state index is 14.2. The molecule has 5 heterocycles. The van der Waals surface area contributed by atoms with Gasteiger partial charge in [0.1, 0.15) is 12.4 Å². The van der Waals surface area contributed by atoms with Crippen molar-refractivity contribution in [3.8, 4) is 5.75 Å². The lowest BCUT2D eigenvalue weighted by molar-refractivity contribution is -0.142. The number of ether oxygens (including phenoxy) is 2. The van der Waals surface area contributed by atoms with Gasteiger partial charge in [-0.2, -0.15) is 0 Å². The molecule has 0 radical (unpaired) electrons. The minimum Gasteiger partial charge on any atom is -0.490 e. The number of hydrogen-bond acceptors (Lipinski definition) is 7. The molecule has 0 unspecified atom stereocenters. The van der Waals surface area contributed by atoms with Crippen LogP contribution in [-0.4, -0.2) is 122 Å². The SMILES string of the molecule is Cc1cc(C[C@@H](OC(=O)N2CCC(N3CCc4ccccc4NC3=O)CC2)C(=O)N2CCC(N3CCCCC3)CC2)cc2c1N(C)CCO2. The summed E-state index contributed by atoms with van der Waals surface area (Å²) in [4.78, 5) is 51.4. The van der Waals surface area contributed by atoms with E-state index in [1.54, 1.807) is 4.90 Å². The predicted octanol–water partition coefficient (Wildman–Crippen LogP) is 4.90. The van der Waals surface area contributed by atoms with Crippen molar-refractivity contribution in [2.45, 2.75) is 82.9 Å². The Morgan fingerprint density at radius 3 is 2.39 bits per heavy atom. The van der Waals surface area contributed by atoms with E-state index in [2.05, 4.69) is 41.2 Å². The van der Waals surface area contributed by atoms with Crippen LogP contribution in [0.1, 0.15) is 61.6 Å². The molecule has 5 aliphatic heterocycles. The number of carbonyl (C=O) groups excluding carboxylic acids is 3. The van der Waals surface area contributed by atoms with Gasteiger partial charge in [0.05, 0.1) is 12.2 Å². The zero-order valence-corrected chi connectivity index (χ0v) is 29.2. The summed E-state index contributed by atoms with van der Waals surface area (Å²) in [5.74, 6) is 0.695. The molecule has 0 saturated carbocycles. The number of para-hydroxylation sites is 1. The first-order valence-corrected chi connectivity index (χ1v) is 18.5. The normalized spacial score (nSPS) is 21.6. The van der Waals surface area contributed by atoms with Crippen LogP contribution < -0.4 is 15.0 Å². The molecule has 11 nitrogen and oxygen atoms in total. The standard InChI is InChI=1S/C38H52N6O5/c1-27-24-28(25-33-35(27)40(2)22-23-48-33)26-34(36(45)42-17-11-30(12-18-42)41-15-6-3-7-16-41)49-38(47)43-19-13-31(14-20-43)44-21-10-29-8-4-5-9-32(29)39-37(44)46/h4-5,8-9,24-25,30-31,34H,3,6-7,10-23,26H2,1-2H3,(H,39,46)/t34-/m1/s1. The predicted molar refractivity (Wildman–Crippen MR) is 189 cm³/mol. The smallest absolute Gasteiger partial charge is 0.410 e. The van der Waals surface area contributed by atoms with E-state index in [1.807, 2.05) is 34.1 Å². The highest BCUT2D eigenvalue weighted by atomic mass is 16.6. The molecule has 0 bridgehead atoms. The van der Waals surface area contributed by atoms with E-state index in [1.165, 1.54) is 19.3 Å². The third kappa shape index (κ3) is 7.46. The Hall–Kier alpha value is -3.99. The Morgan fingerprint density at radius 2 is 1.61 bits per heavy atom. The zero-order chi connectivity index (χ0) is 33.9. The van der Waals surface area contributed by atoms with Gasteiger partial charge in [-0.3, -0.25) is 4.79 Å². The summed E-state index contributed by atoms with van der Waals surface area (Å²) < 4.78 is 12.2. The van der Waals surface area contributed by atoms with Crippen molar-refractivity contribution >= 4 is 29.4 Å². The molecule has 1 N–H and O–H groups in total. The molecule has 0 spiro atoms. The van der Waals surface area contributed by atoms with Crippen molar-refractivity contribution in [3.63, 3.8) is 0 Å². The molecular formula is C38H52N6O5. The van der Waals surface area contributed by atoms with Gasteiger partial charge < -0.3 is 39.3 Å². The first-order chi connectivity index (χ1) is 23.8. The number of aryl methyl sites for hydroxylation is 1. The molecule has 1 atom stereocenters.